The van der Waals surface area contributed by atoms with Crippen molar-refractivity contribution >= 4 is 0 Å². The molecule has 1 aliphatic rings. The third kappa shape index (κ3) is 5.85. The summed E-state index contributed by atoms with van der Waals surface area (Å²) in [5.41, 5.74) is 14.6. The molecular formula is C24H39N. The Bertz CT molecular complexity index is 594. The van der Waals surface area contributed by atoms with Crippen molar-refractivity contribution in [2.75, 3.05) is 0 Å². The fraction of sp³-hybridized carbons (Fsp3) is 0.583. The second kappa shape index (κ2) is 9.97. The highest BCUT2D eigenvalue weighted by Gasteiger charge is 2.29. The highest BCUT2D eigenvalue weighted by atomic mass is 14.6. The van der Waals surface area contributed by atoms with Crippen LogP contribution in [0.1, 0.15) is 74.1 Å². The van der Waals surface area contributed by atoms with Crippen LogP contribution in [0.25, 0.3) is 0 Å². The maximum atomic E-state index is 6.20. The molecule has 1 heteroatoms. The average Bonchev–Trinajstić information content (AvgIpc) is 2.92. The molecular weight excluding hydrogens is 302 g/mol. The molecule has 0 radical (unpaired) electrons. The Morgan fingerprint density at radius 3 is 2.28 bits per heavy atom. The van der Waals surface area contributed by atoms with Crippen LogP contribution in [0.15, 0.2) is 58.2 Å². The first-order valence-electron chi connectivity index (χ1n) is 9.96. The van der Waals surface area contributed by atoms with E-state index in [0.717, 1.165) is 25.7 Å². The number of hydrogen-bond acceptors (Lipinski definition) is 1. The molecule has 25 heavy (non-hydrogen) atoms. The Kier molecular flexibility index (Phi) is 8.65. The lowest BCUT2D eigenvalue weighted by atomic mass is 9.81. The second-order valence-electron chi connectivity index (χ2n) is 7.85. The Hall–Kier alpha value is -1.34. The van der Waals surface area contributed by atoms with E-state index in [0.29, 0.717) is 11.8 Å². The molecule has 0 aromatic rings. The first-order chi connectivity index (χ1) is 11.7. The predicted octanol–water partition coefficient (Wildman–Crippen LogP) is 6.89. The van der Waals surface area contributed by atoms with E-state index in [-0.39, 0.29) is 6.04 Å². The topological polar surface area (TPSA) is 26.0 Å². The third-order valence-corrected chi connectivity index (χ3v) is 5.08. The van der Waals surface area contributed by atoms with Crippen molar-refractivity contribution in [2.45, 2.75) is 80.2 Å². The summed E-state index contributed by atoms with van der Waals surface area (Å²) in [6, 6.07) is 0.284. The van der Waals surface area contributed by atoms with Gasteiger partial charge in [-0.2, -0.15) is 0 Å². The molecule has 3 atom stereocenters. The van der Waals surface area contributed by atoms with E-state index < -0.39 is 0 Å². The van der Waals surface area contributed by atoms with Gasteiger partial charge in [0, 0.05) is 12.0 Å². The highest BCUT2D eigenvalue weighted by molar-refractivity contribution is 5.56. The fourth-order valence-corrected chi connectivity index (χ4v) is 3.86. The van der Waals surface area contributed by atoms with Crippen LogP contribution in [0.2, 0.25) is 0 Å². The van der Waals surface area contributed by atoms with Crippen molar-refractivity contribution in [1.82, 2.24) is 0 Å². The number of nitrogens with two attached hydrogens (primary N) is 1. The van der Waals surface area contributed by atoms with Crippen molar-refractivity contribution < 1.29 is 0 Å². The van der Waals surface area contributed by atoms with Gasteiger partial charge < -0.3 is 5.73 Å². The molecule has 1 aliphatic carbocycles. The summed E-state index contributed by atoms with van der Waals surface area (Å²) in [5.74, 6) is 0.850. The summed E-state index contributed by atoms with van der Waals surface area (Å²) < 4.78 is 0. The summed E-state index contributed by atoms with van der Waals surface area (Å²) in [7, 11) is 0. The first-order valence-corrected chi connectivity index (χ1v) is 9.96. The maximum absolute atomic E-state index is 6.20. The molecule has 0 aromatic heterocycles. The normalized spacial score (nSPS) is 20.4. The van der Waals surface area contributed by atoms with E-state index in [1.165, 1.54) is 33.4 Å². The number of rotatable bonds is 9. The van der Waals surface area contributed by atoms with Gasteiger partial charge in [0.1, 0.15) is 0 Å². The molecule has 0 aliphatic heterocycles. The summed E-state index contributed by atoms with van der Waals surface area (Å²) in [4.78, 5) is 0. The quantitative estimate of drug-likeness (QED) is 0.454. The van der Waals surface area contributed by atoms with E-state index in [4.69, 9.17) is 5.73 Å². The second-order valence-corrected chi connectivity index (χ2v) is 7.85. The van der Waals surface area contributed by atoms with Crippen LogP contribution < -0.4 is 5.73 Å². The van der Waals surface area contributed by atoms with E-state index in [1.54, 1.807) is 0 Å². The molecule has 0 fully saturated rings. The molecule has 0 spiro atoms. The lowest BCUT2D eigenvalue weighted by Crippen LogP contribution is -2.21. The van der Waals surface area contributed by atoms with Crippen molar-refractivity contribution in [2.24, 2.45) is 17.6 Å². The van der Waals surface area contributed by atoms with Gasteiger partial charge in [-0.25, -0.2) is 0 Å². The minimum atomic E-state index is 0.284. The molecule has 2 N–H and O–H groups in total. The fourth-order valence-electron chi connectivity index (χ4n) is 3.86. The molecule has 140 valence electrons. The van der Waals surface area contributed by atoms with Crippen LogP contribution in [0, 0.1) is 11.8 Å². The van der Waals surface area contributed by atoms with E-state index in [2.05, 4.69) is 73.3 Å². The van der Waals surface area contributed by atoms with Crippen molar-refractivity contribution in [3.05, 3.63) is 58.2 Å². The van der Waals surface area contributed by atoms with Gasteiger partial charge in [0.2, 0.25) is 0 Å². The maximum Gasteiger partial charge on any atom is 0.0304 e. The molecule has 0 saturated heterocycles. The van der Waals surface area contributed by atoms with E-state index in [1.807, 2.05) is 0 Å². The zero-order valence-corrected chi connectivity index (χ0v) is 17.6. The van der Waals surface area contributed by atoms with Crippen molar-refractivity contribution in [3.8, 4) is 0 Å². The Morgan fingerprint density at radius 1 is 1.20 bits per heavy atom. The average molecular weight is 342 g/mol. The molecule has 1 rings (SSSR count). The lowest BCUT2D eigenvalue weighted by molar-refractivity contribution is 0.516. The van der Waals surface area contributed by atoms with Crippen LogP contribution >= 0.6 is 0 Å². The van der Waals surface area contributed by atoms with Crippen molar-refractivity contribution in [3.63, 3.8) is 0 Å². The largest absolute Gasteiger partial charge is 0.328 e. The molecule has 1 nitrogen and oxygen atoms in total. The van der Waals surface area contributed by atoms with Gasteiger partial charge in [0.25, 0.3) is 0 Å². The van der Waals surface area contributed by atoms with Gasteiger partial charge in [-0.05, 0) is 69.1 Å². The monoisotopic (exact) mass is 341 g/mol. The van der Waals surface area contributed by atoms with Gasteiger partial charge in [-0.15, -0.1) is 0 Å². The number of allylic oxidation sites excluding steroid dienone is 9. The van der Waals surface area contributed by atoms with Crippen LogP contribution in [-0.4, -0.2) is 6.04 Å². The zero-order chi connectivity index (χ0) is 19.1. The summed E-state index contributed by atoms with van der Waals surface area (Å²) in [6.07, 6.45) is 11.5. The molecule has 0 heterocycles. The Morgan fingerprint density at radius 2 is 1.84 bits per heavy atom. The molecule has 0 saturated carbocycles. The van der Waals surface area contributed by atoms with Gasteiger partial charge in [0.15, 0.2) is 0 Å². The van der Waals surface area contributed by atoms with Gasteiger partial charge in [-0.3, -0.25) is 0 Å². The van der Waals surface area contributed by atoms with Gasteiger partial charge in [-0.1, -0.05) is 69.2 Å². The molecule has 0 bridgehead atoms. The minimum Gasteiger partial charge on any atom is -0.328 e. The van der Waals surface area contributed by atoms with Gasteiger partial charge in [0.05, 0.1) is 0 Å². The number of hydrogen-bond donors (Lipinski definition) is 1. The molecule has 0 amide bonds. The highest BCUT2D eigenvalue weighted by Crippen LogP contribution is 2.43. The Balaban J connectivity index is 3.37. The summed E-state index contributed by atoms with van der Waals surface area (Å²) >= 11 is 0. The zero-order valence-electron chi connectivity index (χ0n) is 17.6. The third-order valence-electron chi connectivity index (χ3n) is 5.08. The van der Waals surface area contributed by atoms with Crippen LogP contribution in [-0.2, 0) is 0 Å². The smallest absolute Gasteiger partial charge is 0.0304 e. The standard InChI is InChI=1S/C24H39N/c1-9-19-15-20(10-2)24(23(19)17(6)7)21(12-16(4)5)13-18(8)14-22(25)11-3/h12-13,15,18,22,24H,6,9-11,14,25H2,1-5,7-8H3/b21-13+. The van der Waals surface area contributed by atoms with E-state index >= 15 is 0 Å². The predicted molar refractivity (Wildman–Crippen MR) is 114 cm³/mol. The summed E-state index contributed by atoms with van der Waals surface area (Å²) in [5, 5.41) is 0. The SMILES string of the molecule is C=C(C)C1=C(CC)C=C(CC)C1/C(C=C(C)C)=C/C(C)CC(N)CC. The van der Waals surface area contributed by atoms with Crippen LogP contribution in [0.3, 0.4) is 0 Å². The van der Waals surface area contributed by atoms with Crippen molar-refractivity contribution in [1.29, 1.82) is 0 Å². The molecule has 0 aromatic carbocycles. The summed E-state index contributed by atoms with van der Waals surface area (Å²) in [6.45, 7) is 19.8. The van der Waals surface area contributed by atoms with Crippen LogP contribution in [0.4, 0.5) is 0 Å². The Labute approximate surface area is 156 Å². The van der Waals surface area contributed by atoms with E-state index in [9.17, 15) is 0 Å². The molecule has 3 unspecified atom stereocenters. The minimum absolute atomic E-state index is 0.284. The van der Waals surface area contributed by atoms with Gasteiger partial charge >= 0.3 is 0 Å². The first kappa shape index (κ1) is 21.7. The lowest BCUT2D eigenvalue weighted by Gasteiger charge is -2.24. The van der Waals surface area contributed by atoms with Crippen LogP contribution in [0.5, 0.6) is 0 Å².